The van der Waals surface area contributed by atoms with Crippen LogP contribution < -0.4 is 0 Å². The monoisotopic (exact) mass is 450 g/mol. The van der Waals surface area contributed by atoms with Gasteiger partial charge in [0.15, 0.2) is 0 Å². The fourth-order valence-corrected chi connectivity index (χ4v) is 3.12. The predicted octanol–water partition coefficient (Wildman–Crippen LogP) is 2.51. The van der Waals surface area contributed by atoms with E-state index in [0.717, 1.165) is 42.0 Å². The van der Waals surface area contributed by atoms with Gasteiger partial charge >= 0.3 is 12.1 Å². The van der Waals surface area contributed by atoms with Crippen molar-refractivity contribution < 1.29 is 27.9 Å². The number of aliphatic carboxylic acids is 1. The summed E-state index contributed by atoms with van der Waals surface area (Å²) in [5, 5.41) is 15.7. The van der Waals surface area contributed by atoms with Gasteiger partial charge in [0.25, 0.3) is 5.91 Å². The zero-order valence-corrected chi connectivity index (χ0v) is 17.2. The molecule has 12 heteroatoms. The van der Waals surface area contributed by atoms with Crippen LogP contribution in [-0.2, 0) is 24.4 Å². The molecule has 170 valence electrons. The van der Waals surface area contributed by atoms with Crippen LogP contribution in [0.3, 0.4) is 0 Å². The Kier molecular flexibility index (Phi) is 6.91. The number of carbonyl (C=O) groups excluding carboxylic acids is 1. The highest BCUT2D eigenvalue weighted by Crippen LogP contribution is 2.18. The second-order valence-corrected chi connectivity index (χ2v) is 7.19. The van der Waals surface area contributed by atoms with E-state index in [2.05, 4.69) is 15.3 Å². The summed E-state index contributed by atoms with van der Waals surface area (Å²) in [5.74, 6) is -2.70. The summed E-state index contributed by atoms with van der Waals surface area (Å²) in [5.41, 5.74) is 3.77. The Hall–Kier alpha value is -3.70. The molecule has 0 saturated carbocycles. The first kappa shape index (κ1) is 23.0. The van der Waals surface area contributed by atoms with Crippen LogP contribution in [0, 0.1) is 6.92 Å². The smallest absolute Gasteiger partial charge is 0.475 e. The summed E-state index contributed by atoms with van der Waals surface area (Å²) in [6, 6.07) is 7.73. The van der Waals surface area contributed by atoms with Crippen LogP contribution in [-0.4, -0.2) is 59.1 Å². The van der Waals surface area contributed by atoms with Crippen LogP contribution in [0.5, 0.6) is 0 Å². The molecule has 1 N–H and O–H groups in total. The molecule has 3 heterocycles. The van der Waals surface area contributed by atoms with Crippen molar-refractivity contribution in [2.24, 2.45) is 0 Å². The van der Waals surface area contributed by atoms with E-state index >= 15 is 0 Å². The number of aromatic nitrogens is 5. The average molecular weight is 450 g/mol. The fourth-order valence-electron chi connectivity index (χ4n) is 3.12. The number of amides is 1. The molecule has 0 radical (unpaired) electrons. The van der Waals surface area contributed by atoms with E-state index in [1.807, 2.05) is 51.5 Å². The maximum atomic E-state index is 12.9. The standard InChI is InChI=1S/C18H20N6O.C2HF3O2/c1-14-3-5-15(6-4-14)18(25)23-8-2-9-24-17(12-23)16(20-21-24)11-22-10-7-19-13-22;3-2(4,5)1(6)7/h3-7,10,13H,2,8-9,11-12H2,1H3;(H,6,7). The lowest BCUT2D eigenvalue weighted by Gasteiger charge is -2.20. The van der Waals surface area contributed by atoms with Gasteiger partial charge in [-0.3, -0.25) is 4.79 Å². The van der Waals surface area contributed by atoms with Crippen molar-refractivity contribution in [2.75, 3.05) is 6.54 Å². The first-order valence-corrected chi connectivity index (χ1v) is 9.68. The number of hydrogen-bond donors (Lipinski definition) is 1. The van der Waals surface area contributed by atoms with Crippen LogP contribution >= 0.6 is 0 Å². The molecule has 1 amide bonds. The molecule has 0 fully saturated rings. The van der Waals surface area contributed by atoms with Gasteiger partial charge in [-0.1, -0.05) is 22.9 Å². The van der Waals surface area contributed by atoms with Crippen molar-refractivity contribution in [3.8, 4) is 0 Å². The van der Waals surface area contributed by atoms with Crippen molar-refractivity contribution in [1.82, 2.24) is 29.4 Å². The van der Waals surface area contributed by atoms with Gasteiger partial charge in [0.1, 0.15) is 5.69 Å². The van der Waals surface area contributed by atoms with Gasteiger partial charge in [0, 0.05) is 31.0 Å². The lowest BCUT2D eigenvalue weighted by atomic mass is 10.1. The number of carbonyl (C=O) groups is 2. The van der Waals surface area contributed by atoms with Gasteiger partial charge in [0.2, 0.25) is 0 Å². The highest BCUT2D eigenvalue weighted by molar-refractivity contribution is 5.94. The molecule has 0 bridgehead atoms. The molecule has 32 heavy (non-hydrogen) atoms. The minimum Gasteiger partial charge on any atom is -0.475 e. The van der Waals surface area contributed by atoms with Crippen molar-refractivity contribution in [3.63, 3.8) is 0 Å². The Labute approximate surface area is 181 Å². The number of carboxylic acids is 1. The molecular weight excluding hydrogens is 429 g/mol. The Balaban J connectivity index is 0.000000360. The van der Waals surface area contributed by atoms with Crippen LogP contribution in [0.1, 0.15) is 33.7 Å². The van der Waals surface area contributed by atoms with E-state index in [1.54, 1.807) is 12.5 Å². The lowest BCUT2D eigenvalue weighted by Crippen LogP contribution is -2.31. The minimum absolute atomic E-state index is 0.0585. The first-order valence-electron chi connectivity index (χ1n) is 9.68. The lowest BCUT2D eigenvalue weighted by molar-refractivity contribution is -0.192. The Morgan fingerprint density at radius 2 is 1.84 bits per heavy atom. The number of benzene rings is 1. The molecule has 4 rings (SSSR count). The summed E-state index contributed by atoms with van der Waals surface area (Å²) in [6.45, 7) is 4.67. The highest BCUT2D eigenvalue weighted by Gasteiger charge is 2.38. The third-order valence-electron chi connectivity index (χ3n) is 4.78. The average Bonchev–Trinajstić information content (AvgIpc) is 3.33. The molecule has 3 aromatic rings. The number of imidazole rings is 1. The number of alkyl halides is 3. The third kappa shape index (κ3) is 5.71. The molecule has 0 aliphatic carbocycles. The number of halogens is 3. The molecule has 1 aliphatic rings. The summed E-state index contributed by atoms with van der Waals surface area (Å²) in [4.78, 5) is 27.7. The van der Waals surface area contributed by atoms with Gasteiger partial charge in [-0.15, -0.1) is 5.10 Å². The largest absolute Gasteiger partial charge is 0.490 e. The number of hydrogen-bond acceptors (Lipinski definition) is 5. The molecule has 2 aromatic heterocycles. The van der Waals surface area contributed by atoms with Gasteiger partial charge in [0.05, 0.1) is 25.1 Å². The molecule has 0 saturated heterocycles. The Bertz CT molecular complexity index is 1060. The fraction of sp³-hybridized carbons (Fsp3) is 0.350. The van der Waals surface area contributed by atoms with E-state index in [9.17, 15) is 18.0 Å². The molecule has 0 spiro atoms. The molecule has 9 nitrogen and oxygen atoms in total. The van der Waals surface area contributed by atoms with E-state index in [-0.39, 0.29) is 5.91 Å². The van der Waals surface area contributed by atoms with E-state index in [1.165, 1.54) is 0 Å². The van der Waals surface area contributed by atoms with E-state index in [4.69, 9.17) is 9.90 Å². The highest BCUT2D eigenvalue weighted by atomic mass is 19.4. The van der Waals surface area contributed by atoms with Crippen molar-refractivity contribution in [3.05, 3.63) is 65.5 Å². The van der Waals surface area contributed by atoms with Crippen molar-refractivity contribution in [1.29, 1.82) is 0 Å². The first-order chi connectivity index (χ1) is 15.1. The molecule has 1 aliphatic heterocycles. The van der Waals surface area contributed by atoms with Gasteiger partial charge in [-0.25, -0.2) is 14.5 Å². The normalized spacial score (nSPS) is 13.6. The van der Waals surface area contributed by atoms with Crippen LogP contribution in [0.2, 0.25) is 0 Å². The summed E-state index contributed by atoms with van der Waals surface area (Å²) in [7, 11) is 0. The number of nitrogens with zero attached hydrogens (tertiary/aromatic N) is 6. The predicted molar refractivity (Wildman–Crippen MR) is 106 cm³/mol. The third-order valence-corrected chi connectivity index (χ3v) is 4.78. The van der Waals surface area contributed by atoms with Gasteiger partial charge in [-0.05, 0) is 25.5 Å². The summed E-state index contributed by atoms with van der Waals surface area (Å²) in [6.07, 6.45) is 1.20. The molecule has 0 unspecified atom stereocenters. The number of rotatable bonds is 3. The van der Waals surface area contributed by atoms with Crippen LogP contribution in [0.15, 0.2) is 43.0 Å². The SMILES string of the molecule is Cc1ccc(C(=O)N2CCCn3nnc(Cn4ccnc4)c3C2)cc1.O=C(O)C(F)(F)F. The number of fused-ring (bicyclic) bond motifs is 1. The quantitative estimate of drug-likeness (QED) is 0.657. The zero-order chi connectivity index (χ0) is 23.3. The summed E-state index contributed by atoms with van der Waals surface area (Å²) >= 11 is 0. The second-order valence-electron chi connectivity index (χ2n) is 7.19. The topological polar surface area (TPSA) is 106 Å². The second kappa shape index (κ2) is 9.62. The van der Waals surface area contributed by atoms with Crippen molar-refractivity contribution in [2.45, 2.75) is 39.2 Å². The van der Waals surface area contributed by atoms with E-state index in [0.29, 0.717) is 13.1 Å². The minimum atomic E-state index is -5.08. The Morgan fingerprint density at radius 1 is 1.16 bits per heavy atom. The maximum absolute atomic E-state index is 12.9. The summed E-state index contributed by atoms with van der Waals surface area (Å²) < 4.78 is 35.6. The van der Waals surface area contributed by atoms with Gasteiger partial charge in [-0.2, -0.15) is 13.2 Å². The van der Waals surface area contributed by atoms with Crippen LogP contribution in [0.4, 0.5) is 13.2 Å². The molecular formula is C20H21F3N6O3. The van der Waals surface area contributed by atoms with Crippen molar-refractivity contribution >= 4 is 11.9 Å². The number of carboxylic acid groups (broad SMARTS) is 1. The number of aryl methyl sites for hydroxylation is 2. The van der Waals surface area contributed by atoms with Gasteiger partial charge < -0.3 is 14.6 Å². The zero-order valence-electron chi connectivity index (χ0n) is 17.2. The van der Waals surface area contributed by atoms with E-state index < -0.39 is 12.1 Å². The maximum Gasteiger partial charge on any atom is 0.490 e. The van der Waals surface area contributed by atoms with Crippen LogP contribution in [0.25, 0.3) is 0 Å². The molecule has 0 atom stereocenters. The molecule has 1 aromatic carbocycles. The Morgan fingerprint density at radius 3 is 2.44 bits per heavy atom.